The van der Waals surface area contributed by atoms with Gasteiger partial charge in [0.25, 0.3) is 0 Å². The molecule has 0 aliphatic carbocycles. The van der Waals surface area contributed by atoms with Gasteiger partial charge in [-0.2, -0.15) is 0 Å². The molecule has 3 aromatic rings. The van der Waals surface area contributed by atoms with Gasteiger partial charge in [0, 0.05) is 0 Å². The molecule has 0 fully saturated rings. The van der Waals surface area contributed by atoms with Gasteiger partial charge in [-0.1, -0.05) is 12.1 Å². The lowest BCUT2D eigenvalue weighted by atomic mass is 10.1. The van der Waals surface area contributed by atoms with Crippen LogP contribution in [0.25, 0.3) is 11.1 Å². The summed E-state index contributed by atoms with van der Waals surface area (Å²) in [4.78, 5) is 25.1. The van der Waals surface area contributed by atoms with E-state index in [9.17, 15) is 9.59 Å². The highest BCUT2D eigenvalue weighted by molar-refractivity contribution is 5.83. The van der Waals surface area contributed by atoms with E-state index in [0.29, 0.717) is 28.3 Å². The molecule has 2 aromatic carbocycles. The summed E-state index contributed by atoms with van der Waals surface area (Å²) in [5, 5.41) is 2.92. The molecule has 29 heavy (non-hydrogen) atoms. The van der Waals surface area contributed by atoms with Crippen molar-refractivity contribution >= 4 is 17.0 Å². The van der Waals surface area contributed by atoms with Crippen LogP contribution in [0.2, 0.25) is 0 Å². The maximum absolute atomic E-state index is 12.9. The van der Waals surface area contributed by atoms with E-state index in [0.717, 1.165) is 5.56 Å². The van der Waals surface area contributed by atoms with Gasteiger partial charge in [-0.15, -0.1) is 0 Å². The van der Waals surface area contributed by atoms with Crippen molar-refractivity contribution in [2.45, 2.75) is 25.9 Å². The Bertz CT molecular complexity index is 1060. The van der Waals surface area contributed by atoms with Crippen LogP contribution in [-0.2, 0) is 4.79 Å². The molecule has 0 aliphatic heterocycles. The first kappa shape index (κ1) is 20.3. The predicted octanol–water partition coefficient (Wildman–Crippen LogP) is 3.06. The van der Waals surface area contributed by atoms with Crippen molar-refractivity contribution in [3.63, 3.8) is 0 Å². The smallest absolute Gasteiger partial charge is 0.420 e. The number of ether oxygens (including phenoxy) is 3. The lowest BCUT2D eigenvalue weighted by Crippen LogP contribution is -2.35. The third-order valence-electron chi connectivity index (χ3n) is 4.83. The fourth-order valence-corrected chi connectivity index (χ4v) is 3.24. The van der Waals surface area contributed by atoms with Crippen molar-refractivity contribution in [1.82, 2.24) is 9.88 Å². The molecular formula is C21H24N2O6. The number of methoxy groups -OCH3 is 3. The number of carbonyl (C=O) groups is 1. The molecule has 1 N–H and O–H groups in total. The second-order valence-corrected chi connectivity index (χ2v) is 6.57. The van der Waals surface area contributed by atoms with Crippen LogP contribution >= 0.6 is 0 Å². The first-order valence-corrected chi connectivity index (χ1v) is 9.11. The van der Waals surface area contributed by atoms with E-state index in [-0.39, 0.29) is 11.9 Å². The van der Waals surface area contributed by atoms with Gasteiger partial charge in [0.2, 0.25) is 11.7 Å². The van der Waals surface area contributed by atoms with Crippen LogP contribution in [0.5, 0.6) is 17.2 Å². The Labute approximate surface area is 168 Å². The van der Waals surface area contributed by atoms with Gasteiger partial charge < -0.3 is 23.9 Å². The van der Waals surface area contributed by atoms with E-state index in [1.165, 1.54) is 25.9 Å². The second-order valence-electron chi connectivity index (χ2n) is 6.57. The molecule has 8 heteroatoms. The molecule has 8 nitrogen and oxygen atoms in total. The fourth-order valence-electron chi connectivity index (χ4n) is 3.24. The number of benzene rings is 2. The number of aromatic nitrogens is 1. The van der Waals surface area contributed by atoms with Gasteiger partial charge >= 0.3 is 5.76 Å². The molecule has 0 saturated carbocycles. The predicted molar refractivity (Wildman–Crippen MR) is 108 cm³/mol. The molecule has 3 rings (SSSR count). The molecule has 2 unspecified atom stereocenters. The summed E-state index contributed by atoms with van der Waals surface area (Å²) in [7, 11) is 4.59. The number of para-hydroxylation sites is 2. The molecule has 0 saturated heterocycles. The Morgan fingerprint density at radius 3 is 2.24 bits per heavy atom. The third kappa shape index (κ3) is 3.78. The Kier molecular flexibility index (Phi) is 5.81. The average Bonchev–Trinajstić information content (AvgIpc) is 3.07. The molecular weight excluding hydrogens is 376 g/mol. The number of amides is 1. The maximum atomic E-state index is 12.9. The third-order valence-corrected chi connectivity index (χ3v) is 4.83. The number of fused-ring (bicyclic) bond motifs is 1. The summed E-state index contributed by atoms with van der Waals surface area (Å²) in [6.07, 6.45) is 0. The van der Waals surface area contributed by atoms with Crippen LogP contribution in [0.3, 0.4) is 0 Å². The quantitative estimate of drug-likeness (QED) is 0.655. The Balaban J connectivity index is 1.87. The van der Waals surface area contributed by atoms with E-state index in [1.54, 1.807) is 43.3 Å². The summed E-state index contributed by atoms with van der Waals surface area (Å²) < 4.78 is 22.6. The number of hydrogen-bond acceptors (Lipinski definition) is 6. The van der Waals surface area contributed by atoms with Crippen molar-refractivity contribution in [3.8, 4) is 17.2 Å². The molecule has 1 aromatic heterocycles. The Morgan fingerprint density at radius 2 is 1.66 bits per heavy atom. The van der Waals surface area contributed by atoms with Crippen molar-refractivity contribution in [3.05, 3.63) is 52.5 Å². The molecule has 1 amide bonds. The summed E-state index contributed by atoms with van der Waals surface area (Å²) in [5.41, 5.74) is 1.78. The van der Waals surface area contributed by atoms with E-state index in [4.69, 9.17) is 18.6 Å². The second kappa shape index (κ2) is 8.30. The minimum Gasteiger partial charge on any atom is -0.493 e. The number of nitrogens with zero attached hydrogens (tertiary/aromatic N) is 1. The zero-order chi connectivity index (χ0) is 21.1. The highest BCUT2D eigenvalue weighted by atomic mass is 16.5. The number of oxazole rings is 1. The van der Waals surface area contributed by atoms with Crippen molar-refractivity contribution in [2.24, 2.45) is 0 Å². The minimum absolute atomic E-state index is 0.320. The molecule has 0 radical (unpaired) electrons. The van der Waals surface area contributed by atoms with Crippen LogP contribution in [0, 0.1) is 0 Å². The SMILES string of the molecule is COc1cc(C(C)NC(=O)C(C)n2c(=O)oc3ccccc32)cc(OC)c1OC. The number of rotatable bonds is 7. The number of hydrogen-bond donors (Lipinski definition) is 1. The fraction of sp³-hybridized carbons (Fsp3) is 0.333. The van der Waals surface area contributed by atoms with E-state index < -0.39 is 11.8 Å². The van der Waals surface area contributed by atoms with Crippen molar-refractivity contribution in [1.29, 1.82) is 0 Å². The van der Waals surface area contributed by atoms with Crippen LogP contribution in [-0.4, -0.2) is 31.8 Å². The Morgan fingerprint density at radius 1 is 1.03 bits per heavy atom. The van der Waals surface area contributed by atoms with Gasteiger partial charge in [0.15, 0.2) is 17.1 Å². The monoisotopic (exact) mass is 400 g/mol. The zero-order valence-electron chi connectivity index (χ0n) is 17.0. The molecule has 0 bridgehead atoms. The molecule has 1 heterocycles. The van der Waals surface area contributed by atoms with Crippen molar-refractivity contribution < 1.29 is 23.4 Å². The number of nitrogens with one attached hydrogen (secondary N) is 1. The molecule has 154 valence electrons. The number of carbonyl (C=O) groups excluding carboxylic acids is 1. The summed E-state index contributed by atoms with van der Waals surface area (Å²) >= 11 is 0. The molecule has 0 aliphatic rings. The minimum atomic E-state index is -0.754. The maximum Gasteiger partial charge on any atom is 0.420 e. The zero-order valence-corrected chi connectivity index (χ0v) is 17.0. The van der Waals surface area contributed by atoms with Gasteiger partial charge in [-0.3, -0.25) is 9.36 Å². The van der Waals surface area contributed by atoms with Crippen LogP contribution in [0.1, 0.15) is 31.5 Å². The standard InChI is InChI=1S/C21H24N2O6/c1-12(14-10-17(26-3)19(28-5)18(11-14)27-4)22-20(24)13(2)23-15-8-6-7-9-16(15)29-21(23)25/h6-13H,1-5H3,(H,22,24). The highest BCUT2D eigenvalue weighted by Crippen LogP contribution is 2.39. The summed E-state index contributed by atoms with van der Waals surface area (Å²) in [5.74, 6) is 0.567. The largest absolute Gasteiger partial charge is 0.493 e. The summed E-state index contributed by atoms with van der Waals surface area (Å²) in [6, 6.07) is 9.42. The molecule has 0 spiro atoms. The topological polar surface area (TPSA) is 91.9 Å². The molecule has 2 atom stereocenters. The van der Waals surface area contributed by atoms with Crippen LogP contribution in [0.4, 0.5) is 0 Å². The highest BCUT2D eigenvalue weighted by Gasteiger charge is 2.24. The van der Waals surface area contributed by atoms with Gasteiger partial charge in [0.05, 0.1) is 32.9 Å². The average molecular weight is 400 g/mol. The first-order valence-electron chi connectivity index (χ1n) is 9.11. The van der Waals surface area contributed by atoms with Crippen LogP contribution < -0.4 is 25.3 Å². The Hall–Kier alpha value is -3.42. The van der Waals surface area contributed by atoms with Gasteiger partial charge in [0.1, 0.15) is 6.04 Å². The van der Waals surface area contributed by atoms with Crippen molar-refractivity contribution in [2.75, 3.05) is 21.3 Å². The van der Waals surface area contributed by atoms with E-state index >= 15 is 0 Å². The lowest BCUT2D eigenvalue weighted by Gasteiger charge is -2.21. The lowest BCUT2D eigenvalue weighted by molar-refractivity contribution is -0.124. The normalized spacial score (nSPS) is 13.0. The first-order chi connectivity index (χ1) is 13.9. The van der Waals surface area contributed by atoms with E-state index in [2.05, 4.69) is 5.32 Å². The van der Waals surface area contributed by atoms with E-state index in [1.807, 2.05) is 6.92 Å². The summed E-state index contributed by atoms with van der Waals surface area (Å²) in [6.45, 7) is 3.49. The van der Waals surface area contributed by atoms with Crippen LogP contribution in [0.15, 0.2) is 45.6 Å². The van der Waals surface area contributed by atoms with Gasteiger partial charge in [-0.25, -0.2) is 4.79 Å². The van der Waals surface area contributed by atoms with Gasteiger partial charge in [-0.05, 0) is 43.7 Å².